The molecule has 0 rings (SSSR count). The average molecular weight is 270 g/mol. The van der Waals surface area contributed by atoms with Gasteiger partial charge in [0.15, 0.2) is 0 Å². The maximum absolute atomic E-state index is 9.47. The van der Waals surface area contributed by atoms with E-state index in [1.165, 1.54) is 0 Å². The summed E-state index contributed by atoms with van der Waals surface area (Å²) >= 11 is 0. The molecule has 1 amide bonds. The van der Waals surface area contributed by atoms with Crippen LogP contribution in [0.15, 0.2) is 60.9 Å². The van der Waals surface area contributed by atoms with E-state index in [4.69, 9.17) is 16.3 Å². The maximum Gasteiger partial charge on any atom is 0.240 e. The van der Waals surface area contributed by atoms with E-state index in [-0.39, 0.29) is 5.57 Å². The van der Waals surface area contributed by atoms with Crippen molar-refractivity contribution in [1.82, 2.24) is 0 Å². The maximum atomic E-state index is 9.47. The predicted molar refractivity (Wildman–Crippen MR) is 79.5 cm³/mol. The molecule has 0 saturated heterocycles. The minimum absolute atomic E-state index is 0.0712. The topological polar surface area (TPSA) is 117 Å². The van der Waals surface area contributed by atoms with Gasteiger partial charge in [0.05, 0.1) is 0 Å². The zero-order valence-corrected chi connectivity index (χ0v) is 11.3. The van der Waals surface area contributed by atoms with E-state index in [1.54, 1.807) is 18.2 Å². The third-order valence-corrected chi connectivity index (χ3v) is 1.85. The lowest BCUT2D eigenvalue weighted by Crippen LogP contribution is -2.04. The van der Waals surface area contributed by atoms with Gasteiger partial charge >= 0.3 is 0 Å². The van der Waals surface area contributed by atoms with Crippen LogP contribution in [0.4, 0.5) is 0 Å². The van der Waals surface area contributed by atoms with Crippen LogP contribution in [0.2, 0.25) is 0 Å². The highest BCUT2D eigenvalue weighted by Gasteiger charge is 2.02. The van der Waals surface area contributed by atoms with Gasteiger partial charge in [-0.1, -0.05) is 18.7 Å². The Labute approximate surface area is 119 Å². The van der Waals surface area contributed by atoms with E-state index in [0.717, 1.165) is 6.08 Å². The summed E-state index contributed by atoms with van der Waals surface area (Å²) in [4.78, 5) is 9.47. The SMILES string of the molecule is C=CC(N)=O.C=CCC(N)=CC(CC=C)=C(C#N)C#N. The zero-order valence-electron chi connectivity index (χ0n) is 11.3. The van der Waals surface area contributed by atoms with Crippen LogP contribution < -0.4 is 11.5 Å². The van der Waals surface area contributed by atoms with Crippen molar-refractivity contribution in [3.63, 3.8) is 0 Å². The van der Waals surface area contributed by atoms with E-state index in [1.807, 2.05) is 12.1 Å². The first-order valence-electron chi connectivity index (χ1n) is 5.59. The Balaban J connectivity index is 0. The standard InChI is InChI=1S/C12H13N3.C3H5NO/c1-3-5-10(11(8-13)9-14)7-12(15)6-4-2;1-2-3(4)5/h3-4,7H,1-2,5-6,15H2;2H,1H2,(H2,4,5). The number of amides is 1. The van der Waals surface area contributed by atoms with Crippen molar-refractivity contribution in [3.8, 4) is 12.1 Å². The van der Waals surface area contributed by atoms with Gasteiger partial charge in [0.25, 0.3) is 0 Å². The average Bonchev–Trinajstić information content (AvgIpc) is 2.41. The number of nitrogens with two attached hydrogens (primary N) is 2. The van der Waals surface area contributed by atoms with Gasteiger partial charge in [-0.2, -0.15) is 10.5 Å². The van der Waals surface area contributed by atoms with Crippen molar-refractivity contribution >= 4 is 5.91 Å². The molecule has 0 aromatic heterocycles. The van der Waals surface area contributed by atoms with Crippen LogP contribution in [0.5, 0.6) is 0 Å². The second-order valence-electron chi connectivity index (χ2n) is 3.44. The molecule has 0 heterocycles. The monoisotopic (exact) mass is 270 g/mol. The van der Waals surface area contributed by atoms with Gasteiger partial charge in [0, 0.05) is 12.1 Å². The fourth-order valence-corrected chi connectivity index (χ4v) is 1.01. The Hall–Kier alpha value is -3.05. The highest BCUT2D eigenvalue weighted by atomic mass is 16.1. The smallest absolute Gasteiger partial charge is 0.240 e. The summed E-state index contributed by atoms with van der Waals surface area (Å²) in [7, 11) is 0. The van der Waals surface area contributed by atoms with Crippen molar-refractivity contribution < 1.29 is 4.79 Å². The molecular weight excluding hydrogens is 252 g/mol. The molecule has 0 unspecified atom stereocenters. The zero-order chi connectivity index (χ0) is 16.0. The highest BCUT2D eigenvalue weighted by molar-refractivity contribution is 5.84. The highest BCUT2D eigenvalue weighted by Crippen LogP contribution is 2.12. The number of nitrogens with zero attached hydrogens (tertiary/aromatic N) is 2. The number of hydrogen-bond acceptors (Lipinski definition) is 4. The summed E-state index contributed by atoms with van der Waals surface area (Å²) in [6.07, 6.45) is 6.96. The van der Waals surface area contributed by atoms with Gasteiger partial charge in [-0.25, -0.2) is 0 Å². The summed E-state index contributed by atoms with van der Waals surface area (Å²) in [5, 5.41) is 17.4. The summed E-state index contributed by atoms with van der Waals surface area (Å²) in [5.41, 5.74) is 11.4. The summed E-state index contributed by atoms with van der Waals surface area (Å²) in [6.45, 7) is 10.2. The molecule has 0 aliphatic carbocycles. The van der Waals surface area contributed by atoms with Crippen LogP contribution in [-0.2, 0) is 4.79 Å². The Kier molecular flexibility index (Phi) is 12.0. The van der Waals surface area contributed by atoms with Crippen LogP contribution in [0.3, 0.4) is 0 Å². The second-order valence-corrected chi connectivity index (χ2v) is 3.44. The Morgan fingerprint density at radius 3 is 1.80 bits per heavy atom. The van der Waals surface area contributed by atoms with Gasteiger partial charge in [-0.05, 0) is 24.1 Å². The molecule has 5 heteroatoms. The molecule has 104 valence electrons. The van der Waals surface area contributed by atoms with Crippen LogP contribution in [0.1, 0.15) is 12.8 Å². The van der Waals surface area contributed by atoms with E-state index < -0.39 is 5.91 Å². The van der Waals surface area contributed by atoms with E-state index in [9.17, 15) is 4.79 Å². The summed E-state index contributed by atoms with van der Waals surface area (Å²) in [5.74, 6) is -0.481. The number of nitriles is 2. The van der Waals surface area contributed by atoms with Crippen molar-refractivity contribution in [1.29, 1.82) is 10.5 Å². The lowest BCUT2D eigenvalue weighted by atomic mass is 10.0. The second kappa shape index (κ2) is 12.4. The quantitative estimate of drug-likeness (QED) is 0.332. The first-order valence-corrected chi connectivity index (χ1v) is 5.59. The molecule has 0 aliphatic heterocycles. The van der Waals surface area contributed by atoms with E-state index in [2.05, 4.69) is 25.5 Å². The molecule has 0 aromatic rings. The number of carbonyl (C=O) groups is 1. The fourth-order valence-electron chi connectivity index (χ4n) is 1.01. The Bertz CT molecular complexity index is 497. The molecule has 0 saturated carbocycles. The van der Waals surface area contributed by atoms with Crippen molar-refractivity contribution in [2.45, 2.75) is 12.8 Å². The molecule has 0 aromatic carbocycles. The van der Waals surface area contributed by atoms with Crippen LogP contribution in [-0.4, -0.2) is 5.91 Å². The largest absolute Gasteiger partial charge is 0.402 e. The summed E-state index contributed by atoms with van der Waals surface area (Å²) in [6, 6.07) is 3.66. The minimum Gasteiger partial charge on any atom is -0.402 e. The minimum atomic E-state index is -0.481. The van der Waals surface area contributed by atoms with Crippen LogP contribution in [0.25, 0.3) is 0 Å². The molecule has 0 bridgehead atoms. The predicted octanol–water partition coefficient (Wildman–Crippen LogP) is 1.98. The number of carbonyl (C=O) groups excluding carboxylic acids is 1. The number of hydrogen-bond donors (Lipinski definition) is 2. The molecule has 5 nitrogen and oxygen atoms in total. The van der Waals surface area contributed by atoms with Crippen molar-refractivity contribution in [2.75, 3.05) is 0 Å². The normalized spacial score (nSPS) is 8.80. The first kappa shape index (κ1) is 19.3. The Morgan fingerprint density at radius 2 is 1.50 bits per heavy atom. The lowest BCUT2D eigenvalue weighted by molar-refractivity contribution is -0.113. The summed E-state index contributed by atoms with van der Waals surface area (Å²) < 4.78 is 0. The number of allylic oxidation sites excluding steroid dienone is 5. The molecular formula is C15H18N4O. The van der Waals surface area contributed by atoms with E-state index >= 15 is 0 Å². The number of primary amides is 1. The molecule has 4 N–H and O–H groups in total. The molecule has 0 aliphatic rings. The van der Waals surface area contributed by atoms with Gasteiger partial charge in [0.2, 0.25) is 5.91 Å². The van der Waals surface area contributed by atoms with Crippen molar-refractivity contribution in [2.24, 2.45) is 11.5 Å². The molecule has 0 radical (unpaired) electrons. The van der Waals surface area contributed by atoms with Crippen LogP contribution in [0, 0.1) is 22.7 Å². The molecule has 0 spiro atoms. The molecule has 20 heavy (non-hydrogen) atoms. The molecule has 0 fully saturated rings. The van der Waals surface area contributed by atoms with Gasteiger partial charge in [-0.15, -0.1) is 13.2 Å². The number of rotatable bonds is 6. The third-order valence-electron chi connectivity index (χ3n) is 1.85. The van der Waals surface area contributed by atoms with Gasteiger partial charge < -0.3 is 11.5 Å². The molecule has 0 atom stereocenters. The van der Waals surface area contributed by atoms with Gasteiger partial charge in [0.1, 0.15) is 17.7 Å². The van der Waals surface area contributed by atoms with E-state index in [0.29, 0.717) is 24.1 Å². The van der Waals surface area contributed by atoms with Crippen LogP contribution >= 0.6 is 0 Å². The Morgan fingerprint density at radius 1 is 1.05 bits per heavy atom. The van der Waals surface area contributed by atoms with Crippen molar-refractivity contribution in [3.05, 3.63) is 60.9 Å². The lowest BCUT2D eigenvalue weighted by Gasteiger charge is -2.00. The van der Waals surface area contributed by atoms with Gasteiger partial charge in [-0.3, -0.25) is 4.79 Å². The fraction of sp³-hybridized carbons (Fsp3) is 0.133. The third kappa shape index (κ3) is 10.1. The first-order chi connectivity index (χ1) is 9.46.